The zero-order valence-corrected chi connectivity index (χ0v) is 11.3. The molecule has 3 aromatic heterocycles. The Bertz CT molecular complexity index is 688. The number of aromatic nitrogens is 3. The number of anilines is 1. The van der Waals surface area contributed by atoms with Gasteiger partial charge < -0.3 is 9.73 Å². The minimum atomic E-state index is 0.572. The molecule has 0 aliphatic rings. The van der Waals surface area contributed by atoms with E-state index in [1.54, 1.807) is 4.52 Å². The first kappa shape index (κ1) is 11.3. The van der Waals surface area contributed by atoms with Gasteiger partial charge in [0.2, 0.25) is 5.95 Å². The number of aryl methyl sites for hydroxylation is 1. The van der Waals surface area contributed by atoms with Gasteiger partial charge in [-0.2, -0.15) is 4.98 Å². The fourth-order valence-electron chi connectivity index (χ4n) is 1.69. The van der Waals surface area contributed by atoms with E-state index >= 15 is 0 Å². The van der Waals surface area contributed by atoms with Crippen LogP contribution in [0.1, 0.15) is 11.5 Å². The normalized spacial score (nSPS) is 11.0. The minimum Gasteiger partial charge on any atom is -0.465 e. The highest BCUT2D eigenvalue weighted by Gasteiger charge is 2.06. The maximum absolute atomic E-state index is 5.47. The van der Waals surface area contributed by atoms with Crippen molar-refractivity contribution < 1.29 is 4.42 Å². The fourth-order valence-corrected chi connectivity index (χ4v) is 2.12. The van der Waals surface area contributed by atoms with Gasteiger partial charge >= 0.3 is 0 Å². The second kappa shape index (κ2) is 4.45. The van der Waals surface area contributed by atoms with Crippen molar-refractivity contribution in [3.63, 3.8) is 0 Å². The van der Waals surface area contributed by atoms with Gasteiger partial charge in [-0.3, -0.25) is 0 Å². The molecule has 0 amide bonds. The average Bonchev–Trinajstić information content (AvgIpc) is 2.93. The summed E-state index contributed by atoms with van der Waals surface area (Å²) < 4.78 is 8.11. The molecule has 92 valence electrons. The molecule has 0 aliphatic heterocycles. The summed E-state index contributed by atoms with van der Waals surface area (Å²) in [6.07, 6.45) is 1.86. The van der Waals surface area contributed by atoms with E-state index in [1.165, 1.54) is 0 Å². The van der Waals surface area contributed by atoms with Gasteiger partial charge in [0.25, 0.3) is 0 Å². The van der Waals surface area contributed by atoms with Crippen molar-refractivity contribution in [2.24, 2.45) is 0 Å². The number of furan rings is 1. The number of fused-ring (bicyclic) bond motifs is 1. The lowest BCUT2D eigenvalue weighted by Gasteiger charge is -1.96. The topological polar surface area (TPSA) is 55.4 Å². The number of hydrogen-bond donors (Lipinski definition) is 1. The van der Waals surface area contributed by atoms with Gasteiger partial charge in [-0.05, 0) is 47.1 Å². The van der Waals surface area contributed by atoms with Crippen LogP contribution in [0.2, 0.25) is 0 Å². The molecular formula is C12H11BrN4O. The maximum Gasteiger partial charge on any atom is 0.243 e. The number of rotatable bonds is 3. The fraction of sp³-hybridized carbons (Fsp3) is 0.167. The van der Waals surface area contributed by atoms with Gasteiger partial charge in [-0.1, -0.05) is 0 Å². The molecule has 0 aromatic carbocycles. The molecule has 0 unspecified atom stereocenters. The zero-order valence-electron chi connectivity index (χ0n) is 9.72. The molecule has 0 saturated heterocycles. The Hall–Kier alpha value is -1.82. The third-order valence-electron chi connectivity index (χ3n) is 2.53. The van der Waals surface area contributed by atoms with Crippen molar-refractivity contribution >= 4 is 27.5 Å². The quantitative estimate of drug-likeness (QED) is 0.808. The van der Waals surface area contributed by atoms with E-state index in [1.807, 2.05) is 37.4 Å². The Kier molecular flexibility index (Phi) is 2.79. The highest BCUT2D eigenvalue weighted by atomic mass is 79.9. The van der Waals surface area contributed by atoms with Crippen LogP contribution in [0.5, 0.6) is 0 Å². The average molecular weight is 307 g/mol. The van der Waals surface area contributed by atoms with E-state index in [4.69, 9.17) is 4.42 Å². The largest absolute Gasteiger partial charge is 0.465 e. The Morgan fingerprint density at radius 2 is 2.28 bits per heavy atom. The van der Waals surface area contributed by atoms with Crippen molar-refractivity contribution in [3.05, 3.63) is 46.5 Å². The number of hydrogen-bond acceptors (Lipinski definition) is 4. The predicted octanol–water partition coefficient (Wildman–Crippen LogP) is 3.01. The summed E-state index contributed by atoms with van der Waals surface area (Å²) in [7, 11) is 0. The monoisotopic (exact) mass is 306 g/mol. The SMILES string of the molecule is Cc1ccc(CNc2nc3c(Br)cccn3n2)o1. The molecule has 18 heavy (non-hydrogen) atoms. The van der Waals surface area contributed by atoms with E-state index in [2.05, 4.69) is 31.3 Å². The van der Waals surface area contributed by atoms with Gasteiger partial charge in [-0.15, -0.1) is 5.10 Å². The molecule has 3 aromatic rings. The third-order valence-corrected chi connectivity index (χ3v) is 3.15. The molecule has 0 saturated carbocycles. The minimum absolute atomic E-state index is 0.572. The molecule has 0 radical (unpaired) electrons. The molecule has 0 bridgehead atoms. The molecule has 0 fully saturated rings. The molecule has 6 heteroatoms. The summed E-state index contributed by atoms with van der Waals surface area (Å²) in [4.78, 5) is 4.39. The van der Waals surface area contributed by atoms with Crippen molar-refractivity contribution in [3.8, 4) is 0 Å². The first-order valence-electron chi connectivity index (χ1n) is 5.52. The lowest BCUT2D eigenvalue weighted by Crippen LogP contribution is -2.00. The Morgan fingerprint density at radius 1 is 1.39 bits per heavy atom. The Labute approximate surface area is 112 Å². The van der Waals surface area contributed by atoms with E-state index < -0.39 is 0 Å². The van der Waals surface area contributed by atoms with Gasteiger partial charge in [0.05, 0.1) is 11.0 Å². The van der Waals surface area contributed by atoms with Crippen LogP contribution >= 0.6 is 15.9 Å². The maximum atomic E-state index is 5.47. The first-order valence-corrected chi connectivity index (χ1v) is 6.32. The number of halogens is 1. The highest BCUT2D eigenvalue weighted by Crippen LogP contribution is 2.17. The van der Waals surface area contributed by atoms with Crippen molar-refractivity contribution in [2.45, 2.75) is 13.5 Å². The smallest absolute Gasteiger partial charge is 0.243 e. The molecule has 0 spiro atoms. The summed E-state index contributed by atoms with van der Waals surface area (Å²) in [5.74, 6) is 2.35. The van der Waals surface area contributed by atoms with Crippen LogP contribution in [-0.4, -0.2) is 14.6 Å². The summed E-state index contributed by atoms with van der Waals surface area (Å²) in [6, 6.07) is 7.72. The summed E-state index contributed by atoms with van der Waals surface area (Å²) in [6.45, 7) is 2.49. The molecular weight excluding hydrogens is 296 g/mol. The molecule has 5 nitrogen and oxygen atoms in total. The molecule has 3 heterocycles. The van der Waals surface area contributed by atoms with E-state index in [-0.39, 0.29) is 0 Å². The number of nitrogens with one attached hydrogen (secondary N) is 1. The molecule has 0 aliphatic carbocycles. The summed E-state index contributed by atoms with van der Waals surface area (Å²) >= 11 is 3.44. The lowest BCUT2D eigenvalue weighted by molar-refractivity contribution is 0.490. The summed E-state index contributed by atoms with van der Waals surface area (Å²) in [5.41, 5.74) is 0.788. The van der Waals surface area contributed by atoms with Crippen molar-refractivity contribution in [1.82, 2.24) is 14.6 Å². The highest BCUT2D eigenvalue weighted by molar-refractivity contribution is 9.10. The molecule has 1 N–H and O–H groups in total. The van der Waals surface area contributed by atoms with Gasteiger partial charge in [-0.25, -0.2) is 4.52 Å². The second-order valence-electron chi connectivity index (χ2n) is 3.93. The number of pyridine rings is 1. The standard InChI is InChI=1S/C12H11BrN4O/c1-8-4-5-9(18-8)7-14-12-15-11-10(13)3-2-6-17(11)16-12/h2-6H,7H2,1H3,(H,14,16). The predicted molar refractivity (Wildman–Crippen MR) is 71.5 cm³/mol. The van der Waals surface area contributed by atoms with Crippen LogP contribution in [-0.2, 0) is 6.54 Å². The van der Waals surface area contributed by atoms with Gasteiger partial charge in [0.1, 0.15) is 11.5 Å². The molecule has 3 rings (SSSR count). The van der Waals surface area contributed by atoms with Crippen LogP contribution < -0.4 is 5.32 Å². The van der Waals surface area contributed by atoms with Crippen molar-refractivity contribution in [2.75, 3.05) is 5.32 Å². The second-order valence-corrected chi connectivity index (χ2v) is 4.78. The van der Waals surface area contributed by atoms with Crippen LogP contribution in [0.3, 0.4) is 0 Å². The Balaban J connectivity index is 1.81. The van der Waals surface area contributed by atoms with E-state index in [9.17, 15) is 0 Å². The molecule has 0 atom stereocenters. The van der Waals surface area contributed by atoms with E-state index in [0.29, 0.717) is 12.5 Å². The lowest BCUT2D eigenvalue weighted by atomic mass is 10.4. The van der Waals surface area contributed by atoms with Gasteiger partial charge in [0.15, 0.2) is 5.65 Å². The van der Waals surface area contributed by atoms with Crippen LogP contribution in [0.15, 0.2) is 39.4 Å². The summed E-state index contributed by atoms with van der Waals surface area (Å²) in [5, 5.41) is 7.45. The van der Waals surface area contributed by atoms with Crippen LogP contribution in [0.4, 0.5) is 5.95 Å². The third kappa shape index (κ3) is 2.11. The van der Waals surface area contributed by atoms with Crippen molar-refractivity contribution in [1.29, 1.82) is 0 Å². The van der Waals surface area contributed by atoms with Crippen LogP contribution in [0, 0.1) is 6.92 Å². The van der Waals surface area contributed by atoms with Gasteiger partial charge in [0, 0.05) is 6.20 Å². The Morgan fingerprint density at radius 3 is 3.00 bits per heavy atom. The van der Waals surface area contributed by atoms with Crippen LogP contribution in [0.25, 0.3) is 5.65 Å². The van der Waals surface area contributed by atoms with E-state index in [0.717, 1.165) is 21.6 Å². The first-order chi connectivity index (χ1) is 8.72. The zero-order chi connectivity index (χ0) is 12.5. The number of nitrogens with zero attached hydrogens (tertiary/aromatic N) is 3.